The molecule has 21 heavy (non-hydrogen) atoms. The summed E-state index contributed by atoms with van der Waals surface area (Å²) in [5.41, 5.74) is 8.03. The Hall–Kier alpha value is -1.88. The van der Waals surface area contributed by atoms with Crippen LogP contribution in [0.4, 0.5) is 0 Å². The molecule has 5 nitrogen and oxygen atoms in total. The smallest absolute Gasteiger partial charge is 0.164 e. The van der Waals surface area contributed by atoms with Crippen LogP contribution in [0.3, 0.4) is 0 Å². The molecule has 1 aromatic heterocycles. The van der Waals surface area contributed by atoms with E-state index in [1.807, 2.05) is 16.8 Å². The zero-order valence-electron chi connectivity index (χ0n) is 13.0. The van der Waals surface area contributed by atoms with E-state index in [0.29, 0.717) is 19.1 Å². The minimum Gasteiger partial charge on any atom is -0.485 e. The van der Waals surface area contributed by atoms with Crippen LogP contribution in [0.25, 0.3) is 0 Å². The third-order valence-corrected chi connectivity index (χ3v) is 3.22. The minimum absolute atomic E-state index is 0.424. The van der Waals surface area contributed by atoms with Crippen molar-refractivity contribution >= 4 is 0 Å². The average molecular weight is 288 g/mol. The molecule has 1 heterocycles. The fourth-order valence-electron chi connectivity index (χ4n) is 2.24. The Morgan fingerprint density at radius 2 is 2.14 bits per heavy atom. The lowest BCUT2D eigenvalue weighted by Gasteiger charge is -2.13. The van der Waals surface area contributed by atoms with Gasteiger partial charge in [-0.2, -0.15) is 5.10 Å². The van der Waals surface area contributed by atoms with Crippen LogP contribution in [0.15, 0.2) is 24.5 Å². The SMILES string of the molecule is Cc1ccc(OCc2ncnn2CC(C)C)c(CCN)c1. The number of ether oxygens (including phenoxy) is 1. The zero-order valence-corrected chi connectivity index (χ0v) is 13.0. The van der Waals surface area contributed by atoms with Crippen molar-refractivity contribution in [3.05, 3.63) is 41.5 Å². The second-order valence-corrected chi connectivity index (χ2v) is 5.69. The van der Waals surface area contributed by atoms with Crippen LogP contribution in [0.2, 0.25) is 0 Å². The molecule has 0 amide bonds. The molecule has 0 radical (unpaired) electrons. The van der Waals surface area contributed by atoms with Crippen molar-refractivity contribution in [3.8, 4) is 5.75 Å². The lowest BCUT2D eigenvalue weighted by Crippen LogP contribution is -2.13. The van der Waals surface area contributed by atoms with Crippen LogP contribution in [-0.2, 0) is 19.6 Å². The highest BCUT2D eigenvalue weighted by molar-refractivity contribution is 5.37. The van der Waals surface area contributed by atoms with E-state index in [4.69, 9.17) is 10.5 Å². The summed E-state index contributed by atoms with van der Waals surface area (Å²) in [5.74, 6) is 2.26. The van der Waals surface area contributed by atoms with Crippen LogP contribution in [0, 0.1) is 12.8 Å². The van der Waals surface area contributed by atoms with Crippen molar-refractivity contribution in [2.24, 2.45) is 11.7 Å². The fourth-order valence-corrected chi connectivity index (χ4v) is 2.24. The Balaban J connectivity index is 2.08. The molecule has 0 atom stereocenters. The van der Waals surface area contributed by atoms with Crippen molar-refractivity contribution in [2.45, 2.75) is 40.3 Å². The van der Waals surface area contributed by atoms with Crippen LogP contribution < -0.4 is 10.5 Å². The minimum atomic E-state index is 0.424. The van der Waals surface area contributed by atoms with Crippen molar-refractivity contribution < 1.29 is 4.74 Å². The number of hydrogen-bond acceptors (Lipinski definition) is 4. The Labute approximate surface area is 126 Å². The van der Waals surface area contributed by atoms with Crippen LogP contribution in [-0.4, -0.2) is 21.3 Å². The monoisotopic (exact) mass is 288 g/mol. The van der Waals surface area contributed by atoms with E-state index in [0.717, 1.165) is 30.1 Å². The summed E-state index contributed by atoms with van der Waals surface area (Å²) >= 11 is 0. The quantitative estimate of drug-likeness (QED) is 0.849. The molecule has 0 fully saturated rings. The van der Waals surface area contributed by atoms with Crippen molar-refractivity contribution in [3.63, 3.8) is 0 Å². The fraction of sp³-hybridized carbons (Fsp3) is 0.500. The Morgan fingerprint density at radius 1 is 1.33 bits per heavy atom. The van der Waals surface area contributed by atoms with Crippen LogP contribution in [0.5, 0.6) is 5.75 Å². The summed E-state index contributed by atoms with van der Waals surface area (Å²) in [5, 5.41) is 4.25. The van der Waals surface area contributed by atoms with Gasteiger partial charge in [-0.05, 0) is 37.4 Å². The van der Waals surface area contributed by atoms with Gasteiger partial charge in [0.25, 0.3) is 0 Å². The molecular formula is C16H24N4O. The molecule has 0 aliphatic rings. The Morgan fingerprint density at radius 3 is 2.86 bits per heavy atom. The first-order valence-corrected chi connectivity index (χ1v) is 7.39. The molecule has 2 N–H and O–H groups in total. The lowest BCUT2D eigenvalue weighted by atomic mass is 10.1. The molecule has 0 spiro atoms. The highest BCUT2D eigenvalue weighted by atomic mass is 16.5. The van der Waals surface area contributed by atoms with Crippen LogP contribution in [0.1, 0.15) is 30.8 Å². The highest BCUT2D eigenvalue weighted by Gasteiger charge is 2.09. The van der Waals surface area contributed by atoms with Crippen molar-refractivity contribution in [1.29, 1.82) is 0 Å². The molecule has 114 valence electrons. The van der Waals surface area contributed by atoms with E-state index >= 15 is 0 Å². The summed E-state index contributed by atoms with van der Waals surface area (Å²) in [7, 11) is 0. The summed E-state index contributed by atoms with van der Waals surface area (Å²) in [6.45, 7) is 8.28. The predicted molar refractivity (Wildman–Crippen MR) is 83.1 cm³/mol. The number of aryl methyl sites for hydroxylation is 1. The third-order valence-electron chi connectivity index (χ3n) is 3.22. The molecule has 0 unspecified atom stereocenters. The van der Waals surface area contributed by atoms with Gasteiger partial charge in [-0.3, -0.25) is 0 Å². The van der Waals surface area contributed by atoms with Gasteiger partial charge in [-0.15, -0.1) is 0 Å². The zero-order chi connectivity index (χ0) is 15.2. The molecule has 1 aromatic carbocycles. The molecule has 0 saturated heterocycles. The van der Waals surface area contributed by atoms with Crippen molar-refractivity contribution in [1.82, 2.24) is 14.8 Å². The molecule has 2 rings (SSSR count). The first-order chi connectivity index (χ1) is 10.1. The molecule has 2 aromatic rings. The Bertz CT molecular complexity index is 577. The summed E-state index contributed by atoms with van der Waals surface area (Å²) in [4.78, 5) is 4.28. The first-order valence-electron chi connectivity index (χ1n) is 7.39. The second-order valence-electron chi connectivity index (χ2n) is 5.69. The molecule has 0 saturated carbocycles. The largest absolute Gasteiger partial charge is 0.485 e. The van der Waals surface area contributed by atoms with Gasteiger partial charge in [0.2, 0.25) is 0 Å². The van der Waals surface area contributed by atoms with Crippen LogP contribution >= 0.6 is 0 Å². The van der Waals surface area contributed by atoms with Crippen molar-refractivity contribution in [2.75, 3.05) is 6.54 Å². The molecule has 0 aliphatic heterocycles. The maximum atomic E-state index is 5.93. The molecule has 5 heteroatoms. The van der Waals surface area contributed by atoms with Gasteiger partial charge in [0.15, 0.2) is 5.82 Å². The molecule has 0 bridgehead atoms. The number of nitrogens with two attached hydrogens (primary N) is 1. The van der Waals surface area contributed by atoms with E-state index in [1.54, 1.807) is 6.33 Å². The molecule has 0 aliphatic carbocycles. The number of hydrogen-bond donors (Lipinski definition) is 1. The maximum Gasteiger partial charge on any atom is 0.164 e. The normalized spacial score (nSPS) is 11.1. The number of nitrogens with zero attached hydrogens (tertiary/aromatic N) is 3. The Kier molecular flexibility index (Phi) is 5.33. The van der Waals surface area contributed by atoms with E-state index in [2.05, 4.69) is 36.9 Å². The van der Waals surface area contributed by atoms with Gasteiger partial charge in [-0.1, -0.05) is 31.5 Å². The van der Waals surface area contributed by atoms with E-state index < -0.39 is 0 Å². The maximum absolute atomic E-state index is 5.93. The highest BCUT2D eigenvalue weighted by Crippen LogP contribution is 2.21. The number of aromatic nitrogens is 3. The first kappa shape index (κ1) is 15.5. The van der Waals surface area contributed by atoms with Gasteiger partial charge in [-0.25, -0.2) is 9.67 Å². The summed E-state index contributed by atoms with van der Waals surface area (Å²) < 4.78 is 7.84. The second kappa shape index (κ2) is 7.22. The third kappa shape index (κ3) is 4.29. The van der Waals surface area contributed by atoms with Gasteiger partial charge < -0.3 is 10.5 Å². The number of benzene rings is 1. The standard InChI is InChI=1S/C16H24N4O/c1-12(2)9-20-16(18-11-19-20)10-21-15-5-4-13(3)8-14(15)6-7-17/h4-5,8,11-12H,6-7,9-10,17H2,1-3H3. The average Bonchev–Trinajstić information content (AvgIpc) is 2.85. The van der Waals surface area contributed by atoms with Gasteiger partial charge in [0, 0.05) is 6.54 Å². The summed E-state index contributed by atoms with van der Waals surface area (Å²) in [6.07, 6.45) is 2.40. The van der Waals surface area contributed by atoms with E-state index in [9.17, 15) is 0 Å². The van der Waals surface area contributed by atoms with Gasteiger partial charge in [0.05, 0.1) is 0 Å². The predicted octanol–water partition coefficient (Wildman–Crippen LogP) is 2.32. The van der Waals surface area contributed by atoms with Gasteiger partial charge in [0.1, 0.15) is 18.7 Å². The molecular weight excluding hydrogens is 264 g/mol. The number of rotatable bonds is 7. The summed E-state index contributed by atoms with van der Waals surface area (Å²) in [6, 6.07) is 6.18. The lowest BCUT2D eigenvalue weighted by molar-refractivity contribution is 0.280. The van der Waals surface area contributed by atoms with E-state index in [1.165, 1.54) is 5.56 Å². The topological polar surface area (TPSA) is 66.0 Å². The van der Waals surface area contributed by atoms with E-state index in [-0.39, 0.29) is 0 Å². The van der Waals surface area contributed by atoms with Gasteiger partial charge >= 0.3 is 0 Å².